The molecule has 0 bridgehead atoms. The number of halogens is 1. The van der Waals surface area contributed by atoms with Gasteiger partial charge in [-0.1, -0.05) is 13.8 Å². The van der Waals surface area contributed by atoms with E-state index in [0.717, 1.165) is 12.1 Å². The fourth-order valence-electron chi connectivity index (χ4n) is 1.54. The summed E-state index contributed by atoms with van der Waals surface area (Å²) in [7, 11) is 0. The summed E-state index contributed by atoms with van der Waals surface area (Å²) in [6.07, 6.45) is -0.888. The van der Waals surface area contributed by atoms with Crippen LogP contribution in [0.25, 0.3) is 0 Å². The maximum absolute atomic E-state index is 9.76. The lowest BCUT2D eigenvalue weighted by molar-refractivity contribution is 0.0959. The van der Waals surface area contributed by atoms with Gasteiger partial charge < -0.3 is 26.2 Å². The summed E-state index contributed by atoms with van der Waals surface area (Å²) in [5.74, 6) is -1.03. The van der Waals surface area contributed by atoms with E-state index in [1.54, 1.807) is 13.8 Å². The number of benzene rings is 1. The second kappa shape index (κ2) is 5.95. The molecule has 5 nitrogen and oxygen atoms in total. The molecule has 2 atom stereocenters. The zero-order valence-corrected chi connectivity index (χ0v) is 10.5. The summed E-state index contributed by atoms with van der Waals surface area (Å²) < 4.78 is 0. The molecule has 0 saturated heterocycles. The summed E-state index contributed by atoms with van der Waals surface area (Å²) in [5.41, 5.74) is 5.78. The predicted molar refractivity (Wildman–Crippen MR) is 66.5 cm³/mol. The van der Waals surface area contributed by atoms with Gasteiger partial charge in [0, 0.05) is 12.1 Å². The molecule has 6 N–H and O–H groups in total. The van der Waals surface area contributed by atoms with Crippen molar-refractivity contribution >= 4 is 12.4 Å². The molecule has 0 saturated carbocycles. The summed E-state index contributed by atoms with van der Waals surface area (Å²) in [4.78, 5) is 0. The average Bonchev–Trinajstić information content (AvgIpc) is 2.14. The summed E-state index contributed by atoms with van der Waals surface area (Å²) in [6, 6.07) is 1.24. The van der Waals surface area contributed by atoms with E-state index in [1.807, 2.05) is 0 Å². The van der Waals surface area contributed by atoms with E-state index in [1.165, 1.54) is 0 Å². The Bertz CT molecular complexity index is 361. The van der Waals surface area contributed by atoms with E-state index < -0.39 is 12.1 Å². The quantitative estimate of drug-likeness (QED) is 0.564. The van der Waals surface area contributed by atoms with Gasteiger partial charge in [0.15, 0.2) is 0 Å². The van der Waals surface area contributed by atoms with Gasteiger partial charge >= 0.3 is 0 Å². The molecule has 0 aliphatic rings. The van der Waals surface area contributed by atoms with Gasteiger partial charge in [-0.25, -0.2) is 0 Å². The molecule has 0 aromatic heterocycles. The first-order chi connectivity index (χ1) is 7.34. The molecular weight excluding hydrogens is 246 g/mol. The van der Waals surface area contributed by atoms with Crippen LogP contribution in [0.2, 0.25) is 0 Å². The Hall–Kier alpha value is -1.17. The minimum Gasteiger partial charge on any atom is -0.508 e. The highest BCUT2D eigenvalue weighted by molar-refractivity contribution is 5.85. The molecule has 1 rings (SSSR count). The number of rotatable bonds is 3. The van der Waals surface area contributed by atoms with Crippen LogP contribution in [0, 0.1) is 5.92 Å². The standard InChI is InChI=1S/C11H17NO4.ClH/c1-5(2)11(16)10(12)9-7(14)3-6(13)4-8(9)15;/h3-5,10-11,13-16H,12H2,1-2H3;1H/t10-,11+;/m0./s1. The number of aliphatic hydroxyl groups excluding tert-OH is 1. The largest absolute Gasteiger partial charge is 0.508 e. The van der Waals surface area contributed by atoms with Gasteiger partial charge in [-0.3, -0.25) is 0 Å². The van der Waals surface area contributed by atoms with Crippen molar-refractivity contribution in [1.82, 2.24) is 0 Å². The molecule has 6 heteroatoms. The van der Waals surface area contributed by atoms with E-state index in [4.69, 9.17) is 10.8 Å². The number of phenolic OH excluding ortho intramolecular Hbond substituents is 3. The molecule has 0 fully saturated rings. The summed E-state index contributed by atoms with van der Waals surface area (Å²) in [6.45, 7) is 3.55. The van der Waals surface area contributed by atoms with Crippen molar-refractivity contribution in [2.75, 3.05) is 0 Å². The van der Waals surface area contributed by atoms with Crippen LogP contribution in [-0.2, 0) is 0 Å². The molecule has 0 radical (unpaired) electrons. The maximum atomic E-state index is 9.76. The molecule has 0 aliphatic carbocycles. The molecular formula is C11H18ClNO4. The molecule has 98 valence electrons. The van der Waals surface area contributed by atoms with Crippen LogP contribution in [0.3, 0.4) is 0 Å². The van der Waals surface area contributed by atoms with Crippen LogP contribution in [0.5, 0.6) is 17.2 Å². The van der Waals surface area contributed by atoms with Crippen molar-refractivity contribution in [3.05, 3.63) is 17.7 Å². The lowest BCUT2D eigenvalue weighted by Gasteiger charge is -2.23. The average molecular weight is 264 g/mol. The SMILES string of the molecule is CC(C)[C@@H](O)[C@@H](N)c1c(O)cc(O)cc1O.Cl. The number of hydrogen-bond acceptors (Lipinski definition) is 5. The monoisotopic (exact) mass is 263 g/mol. The lowest BCUT2D eigenvalue weighted by atomic mass is 9.93. The van der Waals surface area contributed by atoms with Gasteiger partial charge in [0.1, 0.15) is 17.2 Å². The smallest absolute Gasteiger partial charge is 0.127 e. The van der Waals surface area contributed by atoms with Crippen LogP contribution in [-0.4, -0.2) is 26.5 Å². The van der Waals surface area contributed by atoms with Crippen molar-refractivity contribution < 1.29 is 20.4 Å². The highest BCUT2D eigenvalue weighted by Crippen LogP contribution is 2.37. The van der Waals surface area contributed by atoms with E-state index in [0.29, 0.717) is 0 Å². The first-order valence-electron chi connectivity index (χ1n) is 5.03. The molecule has 0 heterocycles. The molecule has 1 aromatic rings. The number of hydrogen-bond donors (Lipinski definition) is 5. The van der Waals surface area contributed by atoms with Crippen LogP contribution < -0.4 is 5.73 Å². The summed E-state index contributed by atoms with van der Waals surface area (Å²) >= 11 is 0. The molecule has 0 spiro atoms. The zero-order valence-electron chi connectivity index (χ0n) is 9.66. The molecule has 0 amide bonds. The van der Waals surface area contributed by atoms with Gasteiger partial charge in [0.2, 0.25) is 0 Å². The minimum absolute atomic E-state index is 0. The van der Waals surface area contributed by atoms with E-state index in [-0.39, 0.29) is 41.1 Å². The van der Waals surface area contributed by atoms with Crippen molar-refractivity contribution in [3.63, 3.8) is 0 Å². The lowest BCUT2D eigenvalue weighted by Crippen LogP contribution is -2.30. The molecule has 0 aliphatic heterocycles. The van der Waals surface area contributed by atoms with Crippen molar-refractivity contribution in [2.24, 2.45) is 11.7 Å². The first kappa shape index (κ1) is 15.8. The minimum atomic E-state index is -0.902. The third-order valence-electron chi connectivity index (χ3n) is 2.51. The van der Waals surface area contributed by atoms with E-state index >= 15 is 0 Å². The predicted octanol–water partition coefficient (Wildman–Crippen LogP) is 1.24. The van der Waals surface area contributed by atoms with Gasteiger partial charge in [-0.05, 0) is 5.92 Å². The van der Waals surface area contributed by atoms with Crippen LogP contribution in [0.15, 0.2) is 12.1 Å². The van der Waals surface area contributed by atoms with Gasteiger partial charge in [-0.2, -0.15) is 0 Å². The number of phenols is 3. The topological polar surface area (TPSA) is 107 Å². The number of aromatic hydroxyl groups is 3. The Balaban J connectivity index is 0.00000256. The first-order valence-corrected chi connectivity index (χ1v) is 5.03. The van der Waals surface area contributed by atoms with Crippen LogP contribution >= 0.6 is 12.4 Å². The van der Waals surface area contributed by atoms with Crippen molar-refractivity contribution in [2.45, 2.75) is 26.0 Å². The van der Waals surface area contributed by atoms with E-state index in [2.05, 4.69) is 0 Å². The summed E-state index contributed by atoms with van der Waals surface area (Å²) in [5, 5.41) is 38.0. The Morgan fingerprint density at radius 3 is 1.82 bits per heavy atom. The van der Waals surface area contributed by atoms with Crippen LogP contribution in [0.1, 0.15) is 25.5 Å². The number of aliphatic hydroxyl groups is 1. The Labute approximate surface area is 106 Å². The van der Waals surface area contributed by atoms with E-state index in [9.17, 15) is 15.3 Å². The van der Waals surface area contributed by atoms with Gasteiger partial charge in [0.25, 0.3) is 0 Å². The Kier molecular flexibility index (Phi) is 5.54. The zero-order chi connectivity index (χ0) is 12.5. The second-order valence-electron chi connectivity index (χ2n) is 4.16. The van der Waals surface area contributed by atoms with Gasteiger partial charge in [-0.15, -0.1) is 12.4 Å². The Morgan fingerprint density at radius 2 is 1.47 bits per heavy atom. The fourth-order valence-corrected chi connectivity index (χ4v) is 1.54. The normalized spacial score (nSPS) is 14.2. The van der Waals surface area contributed by atoms with Gasteiger partial charge in [0.05, 0.1) is 17.7 Å². The fraction of sp³-hybridized carbons (Fsp3) is 0.455. The van der Waals surface area contributed by atoms with Crippen LogP contribution in [0.4, 0.5) is 0 Å². The number of nitrogens with two attached hydrogens (primary N) is 1. The molecule has 0 unspecified atom stereocenters. The van der Waals surface area contributed by atoms with Crippen molar-refractivity contribution in [3.8, 4) is 17.2 Å². The second-order valence-corrected chi connectivity index (χ2v) is 4.16. The van der Waals surface area contributed by atoms with Crippen molar-refractivity contribution in [1.29, 1.82) is 0 Å². The maximum Gasteiger partial charge on any atom is 0.127 e. The third-order valence-corrected chi connectivity index (χ3v) is 2.51. The highest BCUT2D eigenvalue weighted by Gasteiger charge is 2.25. The molecule has 17 heavy (non-hydrogen) atoms. The molecule has 1 aromatic carbocycles. The third kappa shape index (κ3) is 3.39. The highest BCUT2D eigenvalue weighted by atomic mass is 35.5. The Morgan fingerprint density at radius 1 is 1.06 bits per heavy atom.